The SMILES string of the molecule is Cc1oc(C2CNCCO2)nc1C(F)(F)F. The van der Waals surface area contributed by atoms with E-state index in [-0.39, 0.29) is 11.7 Å². The maximum atomic E-state index is 12.5. The van der Waals surface area contributed by atoms with Crippen molar-refractivity contribution in [2.75, 3.05) is 19.7 Å². The largest absolute Gasteiger partial charge is 0.442 e. The lowest BCUT2D eigenvalue weighted by atomic mass is 10.3. The molecule has 0 amide bonds. The predicted molar refractivity (Wildman–Crippen MR) is 47.8 cm³/mol. The van der Waals surface area contributed by atoms with Gasteiger partial charge < -0.3 is 14.5 Å². The molecule has 90 valence electrons. The minimum absolute atomic E-state index is 0.0166. The molecule has 0 bridgehead atoms. The van der Waals surface area contributed by atoms with E-state index in [4.69, 9.17) is 9.15 Å². The summed E-state index contributed by atoms with van der Waals surface area (Å²) < 4.78 is 47.6. The van der Waals surface area contributed by atoms with E-state index in [1.165, 1.54) is 6.92 Å². The van der Waals surface area contributed by atoms with Crippen molar-refractivity contribution in [2.45, 2.75) is 19.2 Å². The monoisotopic (exact) mass is 236 g/mol. The highest BCUT2D eigenvalue weighted by atomic mass is 19.4. The van der Waals surface area contributed by atoms with Crippen molar-refractivity contribution in [3.8, 4) is 0 Å². The molecule has 0 spiro atoms. The Morgan fingerprint density at radius 1 is 1.44 bits per heavy atom. The molecule has 1 aliphatic rings. The van der Waals surface area contributed by atoms with E-state index in [1.807, 2.05) is 0 Å². The fourth-order valence-corrected chi connectivity index (χ4v) is 1.54. The van der Waals surface area contributed by atoms with Gasteiger partial charge in [-0.15, -0.1) is 0 Å². The van der Waals surface area contributed by atoms with E-state index in [0.29, 0.717) is 19.7 Å². The molecule has 1 atom stereocenters. The van der Waals surface area contributed by atoms with Crippen molar-refractivity contribution >= 4 is 0 Å². The fourth-order valence-electron chi connectivity index (χ4n) is 1.54. The van der Waals surface area contributed by atoms with E-state index >= 15 is 0 Å². The van der Waals surface area contributed by atoms with Gasteiger partial charge in [-0.05, 0) is 6.92 Å². The first-order valence-electron chi connectivity index (χ1n) is 4.85. The normalized spacial score (nSPS) is 22.4. The quantitative estimate of drug-likeness (QED) is 0.805. The van der Waals surface area contributed by atoms with Gasteiger partial charge in [0.25, 0.3) is 0 Å². The smallest absolute Gasteiger partial charge is 0.436 e. The van der Waals surface area contributed by atoms with Crippen molar-refractivity contribution in [2.24, 2.45) is 0 Å². The molecule has 0 aromatic carbocycles. The van der Waals surface area contributed by atoms with Gasteiger partial charge >= 0.3 is 6.18 Å². The Labute approximate surface area is 89.8 Å². The van der Waals surface area contributed by atoms with Crippen LogP contribution < -0.4 is 5.32 Å². The molecular formula is C9H11F3N2O2. The Balaban J connectivity index is 2.23. The van der Waals surface area contributed by atoms with Crippen LogP contribution in [-0.4, -0.2) is 24.7 Å². The number of rotatable bonds is 1. The zero-order chi connectivity index (χ0) is 11.8. The molecule has 1 N–H and O–H groups in total. The number of morpholine rings is 1. The third kappa shape index (κ3) is 2.19. The molecule has 1 unspecified atom stereocenters. The van der Waals surface area contributed by atoms with Crippen molar-refractivity contribution in [1.82, 2.24) is 10.3 Å². The average molecular weight is 236 g/mol. The summed E-state index contributed by atoms with van der Waals surface area (Å²) >= 11 is 0. The first kappa shape index (κ1) is 11.4. The van der Waals surface area contributed by atoms with E-state index in [0.717, 1.165) is 0 Å². The third-order valence-electron chi connectivity index (χ3n) is 2.28. The number of hydrogen-bond acceptors (Lipinski definition) is 4. The number of alkyl halides is 3. The maximum absolute atomic E-state index is 12.5. The second kappa shape index (κ2) is 4.06. The van der Waals surface area contributed by atoms with Crippen LogP contribution in [-0.2, 0) is 10.9 Å². The highest BCUT2D eigenvalue weighted by Gasteiger charge is 2.38. The summed E-state index contributed by atoms with van der Waals surface area (Å²) in [5, 5.41) is 2.99. The van der Waals surface area contributed by atoms with Gasteiger partial charge in [-0.2, -0.15) is 13.2 Å². The summed E-state index contributed by atoms with van der Waals surface area (Å²) in [5.74, 6) is -0.242. The minimum Gasteiger partial charge on any atom is -0.442 e. The number of aryl methyl sites for hydroxylation is 1. The summed E-state index contributed by atoms with van der Waals surface area (Å²) in [6, 6.07) is 0. The zero-order valence-electron chi connectivity index (χ0n) is 8.60. The van der Waals surface area contributed by atoms with Crippen LogP contribution in [0.5, 0.6) is 0 Å². The number of nitrogens with one attached hydrogen (secondary N) is 1. The maximum Gasteiger partial charge on any atom is 0.436 e. The molecule has 1 saturated heterocycles. The number of oxazole rings is 1. The molecular weight excluding hydrogens is 225 g/mol. The highest BCUT2D eigenvalue weighted by Crippen LogP contribution is 2.33. The second-order valence-corrected chi connectivity index (χ2v) is 3.52. The molecule has 0 saturated carbocycles. The predicted octanol–water partition coefficient (Wildman–Crippen LogP) is 1.66. The molecule has 7 heteroatoms. The molecule has 1 aliphatic heterocycles. The first-order valence-corrected chi connectivity index (χ1v) is 4.85. The van der Waals surface area contributed by atoms with Crippen LogP contribution in [0.15, 0.2) is 4.42 Å². The second-order valence-electron chi connectivity index (χ2n) is 3.52. The van der Waals surface area contributed by atoms with Crippen LogP contribution in [0.4, 0.5) is 13.2 Å². The molecule has 0 aliphatic carbocycles. The van der Waals surface area contributed by atoms with Crippen LogP contribution >= 0.6 is 0 Å². The van der Waals surface area contributed by atoms with Gasteiger partial charge in [-0.25, -0.2) is 4.98 Å². The molecule has 1 aromatic heterocycles. The van der Waals surface area contributed by atoms with Gasteiger partial charge in [0.05, 0.1) is 6.61 Å². The van der Waals surface area contributed by atoms with Gasteiger partial charge in [0, 0.05) is 13.1 Å². The highest BCUT2D eigenvalue weighted by molar-refractivity contribution is 5.13. The van der Waals surface area contributed by atoms with Crippen molar-refractivity contribution < 1.29 is 22.3 Å². The Morgan fingerprint density at radius 2 is 2.19 bits per heavy atom. The number of hydrogen-bond donors (Lipinski definition) is 1. The Bertz CT molecular complexity index is 369. The lowest BCUT2D eigenvalue weighted by molar-refractivity contribution is -0.141. The lowest BCUT2D eigenvalue weighted by Crippen LogP contribution is -2.33. The van der Waals surface area contributed by atoms with Gasteiger partial charge in [-0.1, -0.05) is 0 Å². The van der Waals surface area contributed by atoms with Crippen LogP contribution in [0.2, 0.25) is 0 Å². The first-order chi connectivity index (χ1) is 7.48. The van der Waals surface area contributed by atoms with Gasteiger partial charge in [0.2, 0.25) is 5.89 Å². The van der Waals surface area contributed by atoms with Crippen molar-refractivity contribution in [3.63, 3.8) is 0 Å². The number of halogens is 3. The third-order valence-corrected chi connectivity index (χ3v) is 2.28. The minimum atomic E-state index is -4.48. The standard InChI is InChI=1S/C9H11F3N2O2/c1-5-7(9(10,11)12)14-8(16-5)6-4-13-2-3-15-6/h6,13H,2-4H2,1H3. The number of aromatic nitrogens is 1. The molecule has 1 aromatic rings. The summed E-state index contributed by atoms with van der Waals surface area (Å²) in [5.41, 5.74) is -0.975. The fraction of sp³-hybridized carbons (Fsp3) is 0.667. The molecule has 1 fully saturated rings. The van der Waals surface area contributed by atoms with Crippen LogP contribution in [0.3, 0.4) is 0 Å². The summed E-state index contributed by atoms with van der Waals surface area (Å²) in [7, 11) is 0. The Kier molecular flexibility index (Phi) is 2.90. The Hall–Kier alpha value is -1.08. The number of nitrogens with zero attached hydrogens (tertiary/aromatic N) is 1. The molecule has 2 rings (SSSR count). The van der Waals surface area contributed by atoms with Gasteiger partial charge in [-0.3, -0.25) is 0 Å². The lowest BCUT2D eigenvalue weighted by Gasteiger charge is -2.20. The van der Waals surface area contributed by atoms with Crippen LogP contribution in [0.1, 0.15) is 23.4 Å². The van der Waals surface area contributed by atoms with E-state index < -0.39 is 18.0 Å². The summed E-state index contributed by atoms with van der Waals surface area (Å²) in [4.78, 5) is 3.45. The zero-order valence-corrected chi connectivity index (χ0v) is 8.60. The van der Waals surface area contributed by atoms with Crippen LogP contribution in [0.25, 0.3) is 0 Å². The van der Waals surface area contributed by atoms with E-state index in [9.17, 15) is 13.2 Å². The summed E-state index contributed by atoms with van der Waals surface area (Å²) in [6.07, 6.45) is -5.02. The van der Waals surface area contributed by atoms with E-state index in [2.05, 4.69) is 10.3 Å². The molecule has 0 radical (unpaired) electrons. The van der Waals surface area contributed by atoms with Crippen molar-refractivity contribution in [1.29, 1.82) is 0 Å². The topological polar surface area (TPSA) is 47.3 Å². The van der Waals surface area contributed by atoms with Gasteiger partial charge in [0.1, 0.15) is 11.9 Å². The number of ether oxygens (including phenoxy) is 1. The van der Waals surface area contributed by atoms with Gasteiger partial charge in [0.15, 0.2) is 5.69 Å². The molecule has 4 nitrogen and oxygen atoms in total. The van der Waals surface area contributed by atoms with Crippen molar-refractivity contribution in [3.05, 3.63) is 17.3 Å². The summed E-state index contributed by atoms with van der Waals surface area (Å²) in [6.45, 7) is 2.78. The van der Waals surface area contributed by atoms with Crippen LogP contribution in [0, 0.1) is 6.92 Å². The Morgan fingerprint density at radius 3 is 2.69 bits per heavy atom. The average Bonchev–Trinajstić information content (AvgIpc) is 2.61. The molecule has 2 heterocycles. The van der Waals surface area contributed by atoms with E-state index in [1.54, 1.807) is 0 Å². The molecule has 16 heavy (non-hydrogen) atoms.